The van der Waals surface area contributed by atoms with Gasteiger partial charge in [-0.25, -0.2) is 4.79 Å². The van der Waals surface area contributed by atoms with Crippen molar-refractivity contribution in [3.05, 3.63) is 28.8 Å². The molecule has 0 heterocycles. The number of hydrogen-bond acceptors (Lipinski definition) is 4. The van der Waals surface area contributed by atoms with Crippen molar-refractivity contribution < 1.29 is 19.4 Å². The number of carbonyl (C=O) groups is 1. The lowest BCUT2D eigenvalue weighted by Crippen LogP contribution is -2.22. The third-order valence-corrected chi connectivity index (χ3v) is 2.56. The van der Waals surface area contributed by atoms with Crippen LogP contribution in [0.2, 0.25) is 5.02 Å². The molecule has 4 nitrogen and oxygen atoms in total. The highest BCUT2D eigenvalue weighted by Gasteiger charge is 2.16. The molecule has 0 unspecified atom stereocenters. The van der Waals surface area contributed by atoms with E-state index in [2.05, 4.69) is 4.74 Å². The molecule has 1 rings (SSSR count). The van der Waals surface area contributed by atoms with Crippen molar-refractivity contribution in [3.63, 3.8) is 0 Å². The van der Waals surface area contributed by atoms with Gasteiger partial charge in [-0.1, -0.05) is 11.6 Å². The quantitative estimate of drug-likeness (QED) is 0.838. The van der Waals surface area contributed by atoms with Crippen molar-refractivity contribution in [2.45, 2.75) is 25.9 Å². The number of rotatable bonds is 5. The Kier molecular flexibility index (Phi) is 4.99. The van der Waals surface area contributed by atoms with Gasteiger partial charge in [-0.3, -0.25) is 0 Å². The lowest BCUT2D eigenvalue weighted by Gasteiger charge is -2.18. The number of halogens is 1. The van der Waals surface area contributed by atoms with E-state index >= 15 is 0 Å². The van der Waals surface area contributed by atoms with Crippen LogP contribution in [0.25, 0.3) is 0 Å². The third kappa shape index (κ3) is 4.55. The number of hydrogen-bond donors (Lipinski definition) is 1. The zero-order valence-corrected chi connectivity index (χ0v) is 11.5. The summed E-state index contributed by atoms with van der Waals surface area (Å²) in [7, 11) is 1.30. The lowest BCUT2D eigenvalue weighted by molar-refractivity contribution is 0.0539. The minimum atomic E-state index is -0.815. The van der Waals surface area contributed by atoms with Gasteiger partial charge in [0, 0.05) is 11.4 Å². The largest absolute Gasteiger partial charge is 0.493 e. The first kappa shape index (κ1) is 14.8. The van der Waals surface area contributed by atoms with Gasteiger partial charge >= 0.3 is 5.97 Å². The minimum absolute atomic E-state index is 0.286. The number of esters is 1. The van der Waals surface area contributed by atoms with Crippen LogP contribution in [-0.4, -0.2) is 30.4 Å². The van der Waals surface area contributed by atoms with Crippen LogP contribution in [-0.2, 0) is 4.74 Å². The van der Waals surface area contributed by atoms with E-state index in [0.717, 1.165) is 0 Å². The number of methoxy groups -OCH3 is 1. The second-order valence-corrected chi connectivity index (χ2v) is 4.98. The Hall–Kier alpha value is -1.26. The van der Waals surface area contributed by atoms with E-state index in [-0.39, 0.29) is 6.61 Å². The Labute approximate surface area is 111 Å². The average Bonchev–Trinajstić information content (AvgIpc) is 2.26. The first-order chi connectivity index (χ1) is 8.33. The molecule has 0 aliphatic carbocycles. The summed E-state index contributed by atoms with van der Waals surface area (Å²) in [6.45, 7) is 3.67. The Morgan fingerprint density at radius 1 is 1.44 bits per heavy atom. The summed E-state index contributed by atoms with van der Waals surface area (Å²) in [5.74, 6) is -0.122. The molecule has 0 aromatic heterocycles. The molecule has 0 aliphatic rings. The molecule has 0 spiro atoms. The van der Waals surface area contributed by atoms with Crippen LogP contribution in [0, 0.1) is 0 Å². The summed E-state index contributed by atoms with van der Waals surface area (Å²) in [5, 5.41) is 10.1. The Morgan fingerprint density at radius 2 is 2.11 bits per heavy atom. The van der Waals surface area contributed by atoms with Gasteiger partial charge in [-0.2, -0.15) is 0 Å². The molecule has 0 amide bonds. The maximum atomic E-state index is 11.5. The summed E-state index contributed by atoms with van der Waals surface area (Å²) >= 11 is 5.85. The van der Waals surface area contributed by atoms with Gasteiger partial charge in [0.2, 0.25) is 0 Å². The van der Waals surface area contributed by atoms with Crippen molar-refractivity contribution >= 4 is 17.6 Å². The van der Waals surface area contributed by atoms with E-state index in [4.69, 9.17) is 16.3 Å². The molecule has 1 aromatic carbocycles. The summed E-state index contributed by atoms with van der Waals surface area (Å²) in [6, 6.07) is 4.70. The number of aliphatic hydroxyl groups is 1. The van der Waals surface area contributed by atoms with Crippen LogP contribution in [0.4, 0.5) is 0 Å². The van der Waals surface area contributed by atoms with Gasteiger partial charge in [0.05, 0.1) is 19.3 Å². The number of carbonyl (C=O) groups excluding carboxylic acids is 1. The van der Waals surface area contributed by atoms with Crippen molar-refractivity contribution in [1.29, 1.82) is 0 Å². The van der Waals surface area contributed by atoms with Crippen LogP contribution in [0.5, 0.6) is 5.75 Å². The maximum absolute atomic E-state index is 11.5. The van der Waals surface area contributed by atoms with E-state index in [1.807, 2.05) is 0 Å². The molecule has 1 aromatic rings. The standard InChI is InChI=1S/C13H17ClO4/c1-13(2,16)6-7-18-11-8-9(14)4-5-10(11)12(15)17-3/h4-5,8,16H,6-7H2,1-3H3. The fraction of sp³-hybridized carbons (Fsp3) is 0.462. The molecule has 0 aliphatic heterocycles. The molecule has 0 radical (unpaired) electrons. The first-order valence-corrected chi connectivity index (χ1v) is 5.94. The summed E-state index contributed by atoms with van der Waals surface area (Å²) < 4.78 is 10.1. The van der Waals surface area contributed by atoms with Gasteiger partial charge < -0.3 is 14.6 Å². The normalized spacial score (nSPS) is 11.2. The highest BCUT2D eigenvalue weighted by Crippen LogP contribution is 2.24. The molecule has 0 bridgehead atoms. The fourth-order valence-corrected chi connectivity index (χ4v) is 1.47. The molecular formula is C13H17ClO4. The second-order valence-electron chi connectivity index (χ2n) is 4.54. The smallest absolute Gasteiger partial charge is 0.341 e. The highest BCUT2D eigenvalue weighted by atomic mass is 35.5. The molecule has 18 heavy (non-hydrogen) atoms. The first-order valence-electron chi connectivity index (χ1n) is 5.56. The lowest BCUT2D eigenvalue weighted by atomic mass is 10.1. The number of ether oxygens (including phenoxy) is 2. The van der Waals surface area contributed by atoms with Crippen molar-refractivity contribution in [2.24, 2.45) is 0 Å². The zero-order valence-electron chi connectivity index (χ0n) is 10.7. The molecule has 0 atom stereocenters. The van der Waals surface area contributed by atoms with Crippen LogP contribution >= 0.6 is 11.6 Å². The van der Waals surface area contributed by atoms with Crippen molar-refractivity contribution in [1.82, 2.24) is 0 Å². The van der Waals surface area contributed by atoms with Gasteiger partial charge in [0.25, 0.3) is 0 Å². The molecule has 0 saturated heterocycles. The molecule has 0 fully saturated rings. The van der Waals surface area contributed by atoms with Gasteiger partial charge in [-0.15, -0.1) is 0 Å². The van der Waals surface area contributed by atoms with Gasteiger partial charge in [0.15, 0.2) is 0 Å². The van der Waals surface area contributed by atoms with E-state index in [0.29, 0.717) is 22.8 Å². The van der Waals surface area contributed by atoms with Gasteiger partial charge in [0.1, 0.15) is 11.3 Å². The third-order valence-electron chi connectivity index (χ3n) is 2.32. The van der Waals surface area contributed by atoms with E-state index in [1.54, 1.807) is 32.0 Å². The summed E-state index contributed by atoms with van der Waals surface area (Å²) in [6.07, 6.45) is 0.445. The number of benzene rings is 1. The Morgan fingerprint density at radius 3 is 2.67 bits per heavy atom. The maximum Gasteiger partial charge on any atom is 0.341 e. The SMILES string of the molecule is COC(=O)c1ccc(Cl)cc1OCCC(C)(C)O. The van der Waals surface area contributed by atoms with Crippen LogP contribution < -0.4 is 4.74 Å². The second kappa shape index (κ2) is 6.07. The minimum Gasteiger partial charge on any atom is -0.493 e. The molecule has 1 N–H and O–H groups in total. The Bertz CT molecular complexity index is 423. The summed E-state index contributed by atoms with van der Waals surface area (Å²) in [5.41, 5.74) is -0.498. The summed E-state index contributed by atoms with van der Waals surface area (Å²) in [4.78, 5) is 11.5. The van der Waals surface area contributed by atoms with Gasteiger partial charge in [-0.05, 0) is 32.0 Å². The van der Waals surface area contributed by atoms with E-state index in [1.165, 1.54) is 7.11 Å². The Balaban J connectivity index is 2.80. The predicted molar refractivity (Wildman–Crippen MR) is 69.2 cm³/mol. The average molecular weight is 273 g/mol. The molecule has 0 saturated carbocycles. The monoisotopic (exact) mass is 272 g/mol. The zero-order chi connectivity index (χ0) is 13.8. The molecule has 5 heteroatoms. The van der Waals surface area contributed by atoms with Crippen molar-refractivity contribution in [2.75, 3.05) is 13.7 Å². The van der Waals surface area contributed by atoms with E-state index in [9.17, 15) is 9.90 Å². The predicted octanol–water partition coefficient (Wildman–Crippen LogP) is 2.67. The fourth-order valence-electron chi connectivity index (χ4n) is 1.30. The van der Waals surface area contributed by atoms with Crippen LogP contribution in [0.15, 0.2) is 18.2 Å². The molecular weight excluding hydrogens is 256 g/mol. The van der Waals surface area contributed by atoms with Crippen molar-refractivity contribution in [3.8, 4) is 5.75 Å². The van der Waals surface area contributed by atoms with Crippen LogP contribution in [0.1, 0.15) is 30.6 Å². The van der Waals surface area contributed by atoms with E-state index < -0.39 is 11.6 Å². The van der Waals surface area contributed by atoms with Crippen LogP contribution in [0.3, 0.4) is 0 Å². The topological polar surface area (TPSA) is 55.8 Å². The molecule has 100 valence electrons. The highest BCUT2D eigenvalue weighted by molar-refractivity contribution is 6.30.